The molecule has 0 fully saturated rings. The molecule has 0 aromatic heterocycles. The largest absolute Gasteiger partial charge is 0.463 e. The summed E-state index contributed by atoms with van der Waals surface area (Å²) < 4.78 is 5.14. The summed E-state index contributed by atoms with van der Waals surface area (Å²) in [6.07, 6.45) is 19.5. The van der Waals surface area contributed by atoms with E-state index in [2.05, 4.69) is 13.8 Å². The van der Waals surface area contributed by atoms with E-state index in [4.69, 9.17) is 4.74 Å². The molecule has 144 valence electrons. The second kappa shape index (κ2) is 17.3. The summed E-state index contributed by atoms with van der Waals surface area (Å²) in [6, 6.07) is 0. The Kier molecular flexibility index (Phi) is 16.9. The predicted octanol–water partition coefficient (Wildman–Crippen LogP) is 7.45. The molecule has 0 saturated carbocycles. The van der Waals surface area contributed by atoms with Gasteiger partial charge in [-0.1, -0.05) is 97.3 Å². The summed E-state index contributed by atoms with van der Waals surface area (Å²) in [6.45, 7) is 8.46. The molecule has 0 aliphatic heterocycles. The fraction of sp³-hybridized carbons (Fsp3) is 0.955. The average Bonchev–Trinajstić information content (AvgIpc) is 2.50. The van der Waals surface area contributed by atoms with Crippen molar-refractivity contribution >= 4 is 5.97 Å². The monoisotopic (exact) mass is 340 g/mol. The van der Waals surface area contributed by atoms with Crippen LogP contribution in [-0.4, -0.2) is 12.1 Å². The Balaban J connectivity index is 3.09. The molecule has 0 saturated heterocycles. The van der Waals surface area contributed by atoms with Gasteiger partial charge in [-0.05, 0) is 26.2 Å². The van der Waals surface area contributed by atoms with Gasteiger partial charge in [0.05, 0.1) is 6.10 Å². The summed E-state index contributed by atoms with van der Waals surface area (Å²) in [7, 11) is 0. The van der Waals surface area contributed by atoms with Crippen LogP contribution in [0.5, 0.6) is 0 Å². The summed E-state index contributed by atoms with van der Waals surface area (Å²) in [5.41, 5.74) is 0. The molecule has 24 heavy (non-hydrogen) atoms. The quantitative estimate of drug-likeness (QED) is 0.203. The normalized spacial score (nSPS) is 11.4. The van der Waals surface area contributed by atoms with Crippen LogP contribution in [0.3, 0.4) is 0 Å². The first-order chi connectivity index (χ1) is 11.5. The topological polar surface area (TPSA) is 26.3 Å². The van der Waals surface area contributed by atoms with Gasteiger partial charge in [-0.15, -0.1) is 0 Å². The zero-order valence-electron chi connectivity index (χ0n) is 17.1. The summed E-state index contributed by atoms with van der Waals surface area (Å²) in [4.78, 5) is 11.4. The highest BCUT2D eigenvalue weighted by atomic mass is 16.5. The predicted molar refractivity (Wildman–Crippen MR) is 105 cm³/mol. The molecule has 0 spiro atoms. The molecule has 2 heteroatoms. The minimum absolute atomic E-state index is 0.0255. The van der Waals surface area contributed by atoms with Crippen LogP contribution in [0, 0.1) is 5.92 Å². The van der Waals surface area contributed by atoms with Gasteiger partial charge in [-0.3, -0.25) is 4.79 Å². The van der Waals surface area contributed by atoms with Crippen molar-refractivity contribution < 1.29 is 9.53 Å². The Morgan fingerprint density at radius 1 is 0.625 bits per heavy atom. The second-order valence-electron chi connectivity index (χ2n) is 8.07. The van der Waals surface area contributed by atoms with Crippen molar-refractivity contribution in [1.29, 1.82) is 0 Å². The molecule has 0 aliphatic carbocycles. The maximum atomic E-state index is 11.4. The molecular formula is C22H44O2. The number of carbonyl (C=O) groups is 1. The first-order valence-electron chi connectivity index (χ1n) is 10.7. The minimum Gasteiger partial charge on any atom is -0.463 e. The number of unbranched alkanes of at least 4 members (excludes halogenated alkanes) is 12. The standard InChI is InChI=1S/C22H44O2/c1-20(2)18-16-14-12-10-8-6-5-7-9-11-13-15-17-19-22(23)24-21(3)4/h20-21H,5-19H2,1-4H3. The van der Waals surface area contributed by atoms with Crippen molar-refractivity contribution in [3.63, 3.8) is 0 Å². The van der Waals surface area contributed by atoms with Gasteiger partial charge in [0.15, 0.2) is 0 Å². The lowest BCUT2D eigenvalue weighted by Crippen LogP contribution is -2.10. The Morgan fingerprint density at radius 2 is 1.00 bits per heavy atom. The molecule has 0 aromatic rings. The fourth-order valence-electron chi connectivity index (χ4n) is 3.09. The smallest absolute Gasteiger partial charge is 0.306 e. The molecule has 0 amide bonds. The molecule has 0 aromatic carbocycles. The third-order valence-electron chi connectivity index (χ3n) is 4.53. The number of hydrogen-bond acceptors (Lipinski definition) is 2. The fourth-order valence-corrected chi connectivity index (χ4v) is 3.09. The second-order valence-corrected chi connectivity index (χ2v) is 8.07. The van der Waals surface area contributed by atoms with Crippen molar-refractivity contribution in [2.75, 3.05) is 0 Å². The van der Waals surface area contributed by atoms with Crippen molar-refractivity contribution in [3.05, 3.63) is 0 Å². The van der Waals surface area contributed by atoms with E-state index in [9.17, 15) is 4.79 Å². The first kappa shape index (κ1) is 23.5. The molecule has 0 unspecified atom stereocenters. The Morgan fingerprint density at radius 3 is 1.38 bits per heavy atom. The van der Waals surface area contributed by atoms with Crippen LogP contribution in [-0.2, 0) is 9.53 Å². The van der Waals surface area contributed by atoms with Crippen LogP contribution in [0.15, 0.2) is 0 Å². The van der Waals surface area contributed by atoms with Crippen LogP contribution >= 0.6 is 0 Å². The number of ether oxygens (including phenoxy) is 1. The number of rotatable bonds is 17. The highest BCUT2D eigenvalue weighted by Gasteiger charge is 2.04. The van der Waals surface area contributed by atoms with Crippen molar-refractivity contribution in [1.82, 2.24) is 0 Å². The summed E-state index contributed by atoms with van der Waals surface area (Å²) in [5.74, 6) is 0.841. The van der Waals surface area contributed by atoms with Gasteiger partial charge in [-0.25, -0.2) is 0 Å². The SMILES string of the molecule is CC(C)CCCCCCCCCCCCCCCC(=O)OC(C)C. The molecule has 0 N–H and O–H groups in total. The van der Waals surface area contributed by atoms with Gasteiger partial charge >= 0.3 is 5.97 Å². The molecular weight excluding hydrogens is 296 g/mol. The molecule has 0 atom stereocenters. The summed E-state index contributed by atoms with van der Waals surface area (Å²) in [5, 5.41) is 0. The van der Waals surface area contributed by atoms with Gasteiger partial charge in [0, 0.05) is 6.42 Å². The highest BCUT2D eigenvalue weighted by Crippen LogP contribution is 2.14. The van der Waals surface area contributed by atoms with Gasteiger partial charge in [0.25, 0.3) is 0 Å². The maximum absolute atomic E-state index is 11.4. The third kappa shape index (κ3) is 19.5. The van der Waals surface area contributed by atoms with E-state index in [1.54, 1.807) is 0 Å². The van der Waals surface area contributed by atoms with Crippen LogP contribution in [0.1, 0.15) is 124 Å². The zero-order valence-corrected chi connectivity index (χ0v) is 17.1. The van der Waals surface area contributed by atoms with Gasteiger partial charge < -0.3 is 4.74 Å². The maximum Gasteiger partial charge on any atom is 0.306 e. The van der Waals surface area contributed by atoms with E-state index in [0.717, 1.165) is 12.3 Å². The lowest BCUT2D eigenvalue weighted by molar-refractivity contribution is -0.147. The third-order valence-corrected chi connectivity index (χ3v) is 4.53. The first-order valence-corrected chi connectivity index (χ1v) is 10.7. The number of hydrogen-bond donors (Lipinski definition) is 0. The molecule has 0 bridgehead atoms. The summed E-state index contributed by atoms with van der Waals surface area (Å²) >= 11 is 0. The Labute approximate surface area is 152 Å². The average molecular weight is 341 g/mol. The Bertz CT molecular complexity index is 271. The number of esters is 1. The van der Waals surface area contributed by atoms with Crippen LogP contribution < -0.4 is 0 Å². The van der Waals surface area contributed by atoms with Crippen LogP contribution in [0.25, 0.3) is 0 Å². The highest BCUT2D eigenvalue weighted by molar-refractivity contribution is 5.69. The van der Waals surface area contributed by atoms with E-state index in [1.165, 1.54) is 83.5 Å². The van der Waals surface area contributed by atoms with Crippen LogP contribution in [0.4, 0.5) is 0 Å². The Hall–Kier alpha value is -0.530. The lowest BCUT2D eigenvalue weighted by Gasteiger charge is -2.07. The zero-order chi connectivity index (χ0) is 18.0. The number of carbonyl (C=O) groups excluding carboxylic acids is 1. The molecule has 0 aliphatic rings. The van der Waals surface area contributed by atoms with Crippen molar-refractivity contribution in [2.24, 2.45) is 5.92 Å². The van der Waals surface area contributed by atoms with Gasteiger partial charge in [-0.2, -0.15) is 0 Å². The van der Waals surface area contributed by atoms with E-state index in [-0.39, 0.29) is 12.1 Å². The lowest BCUT2D eigenvalue weighted by atomic mass is 10.0. The molecule has 0 radical (unpaired) electrons. The van der Waals surface area contributed by atoms with E-state index in [1.807, 2.05) is 13.8 Å². The van der Waals surface area contributed by atoms with E-state index >= 15 is 0 Å². The van der Waals surface area contributed by atoms with E-state index < -0.39 is 0 Å². The molecule has 2 nitrogen and oxygen atoms in total. The van der Waals surface area contributed by atoms with Crippen LogP contribution in [0.2, 0.25) is 0 Å². The minimum atomic E-state index is -0.0331. The molecule has 0 heterocycles. The van der Waals surface area contributed by atoms with E-state index in [0.29, 0.717) is 6.42 Å². The molecule has 0 rings (SSSR count). The van der Waals surface area contributed by atoms with Gasteiger partial charge in [0.2, 0.25) is 0 Å². The van der Waals surface area contributed by atoms with Gasteiger partial charge in [0.1, 0.15) is 0 Å². The van der Waals surface area contributed by atoms with Crippen molar-refractivity contribution in [3.8, 4) is 0 Å². The van der Waals surface area contributed by atoms with Crippen molar-refractivity contribution in [2.45, 2.75) is 130 Å².